The molecule has 0 aliphatic carbocycles. The molecule has 116 valence electrons. The van der Waals surface area contributed by atoms with Gasteiger partial charge in [0.05, 0.1) is 0 Å². The Morgan fingerprint density at radius 3 is 2.76 bits per heavy atom. The first kappa shape index (κ1) is 17.4. The maximum atomic E-state index is 11.8. The summed E-state index contributed by atoms with van der Waals surface area (Å²) in [5.41, 5.74) is 1.43. The van der Waals surface area contributed by atoms with Crippen molar-refractivity contribution in [3.63, 3.8) is 0 Å². The number of aromatic nitrogens is 2. The number of carbonyl (C=O) groups excluding carboxylic acids is 1. The molecule has 1 aromatic heterocycles. The molecule has 21 heavy (non-hydrogen) atoms. The Labute approximate surface area is 126 Å². The molecule has 0 radical (unpaired) electrons. The summed E-state index contributed by atoms with van der Waals surface area (Å²) in [5, 5.41) is 4.15. The van der Waals surface area contributed by atoms with Crippen molar-refractivity contribution in [1.29, 1.82) is 0 Å². The number of carbonyl (C=O) groups is 1. The van der Waals surface area contributed by atoms with Crippen LogP contribution in [0.3, 0.4) is 0 Å². The molecule has 1 heterocycles. The molecule has 0 aliphatic rings. The second-order valence-electron chi connectivity index (χ2n) is 5.83. The third kappa shape index (κ3) is 5.71. The van der Waals surface area contributed by atoms with E-state index >= 15 is 0 Å². The Kier molecular flexibility index (Phi) is 6.14. The van der Waals surface area contributed by atoms with Crippen molar-refractivity contribution in [2.24, 2.45) is 7.05 Å². The van der Waals surface area contributed by atoms with Crippen LogP contribution in [0.4, 0.5) is 4.79 Å². The van der Waals surface area contributed by atoms with Crippen LogP contribution in [0.2, 0.25) is 0 Å². The van der Waals surface area contributed by atoms with Gasteiger partial charge in [-0.3, -0.25) is 0 Å². The summed E-state index contributed by atoms with van der Waals surface area (Å²) in [4.78, 5) is 13.3. The molecular weight excluding hydrogens is 269 g/mol. The summed E-state index contributed by atoms with van der Waals surface area (Å²) in [6, 6.07) is 0. The number of likely N-dealkylation sites (N-methyl/N-ethyl adjacent to an activating group) is 1. The molecule has 0 atom stereocenters. The van der Waals surface area contributed by atoms with Gasteiger partial charge in [-0.2, -0.15) is 0 Å². The van der Waals surface area contributed by atoms with Crippen LogP contribution in [0.25, 0.3) is 0 Å². The van der Waals surface area contributed by atoms with E-state index in [1.165, 1.54) is 4.90 Å². The summed E-state index contributed by atoms with van der Waals surface area (Å²) in [6.45, 7) is 12.3. The number of hydrogen-bond acceptors (Lipinski definition) is 4. The average Bonchev–Trinajstić information content (AvgIpc) is 2.73. The second kappa shape index (κ2) is 7.40. The van der Waals surface area contributed by atoms with Crippen LogP contribution in [0.5, 0.6) is 0 Å². The predicted octanol–water partition coefficient (Wildman–Crippen LogP) is 0.565. The minimum absolute atomic E-state index is 0.349. The van der Waals surface area contributed by atoms with E-state index in [4.69, 9.17) is 9.47 Å². The Bertz CT molecular complexity index is 494. The van der Waals surface area contributed by atoms with Crippen LogP contribution in [0, 0.1) is 0 Å². The topological polar surface area (TPSA) is 56.6 Å². The van der Waals surface area contributed by atoms with Crippen LogP contribution in [-0.4, -0.2) is 60.0 Å². The van der Waals surface area contributed by atoms with Gasteiger partial charge in [-0.25, -0.2) is 0 Å². The molecule has 0 aromatic carbocycles. The number of nitrogens with zero attached hydrogens (tertiary/aromatic N) is 3. The van der Waals surface area contributed by atoms with E-state index in [9.17, 15) is 4.79 Å². The van der Waals surface area contributed by atoms with E-state index in [1.54, 1.807) is 24.8 Å². The first-order valence-electron chi connectivity index (χ1n) is 6.89. The zero-order chi connectivity index (χ0) is 16.0. The quantitative estimate of drug-likeness (QED) is 0.568. The van der Waals surface area contributed by atoms with Crippen LogP contribution < -0.4 is 5.46 Å². The number of amides is 1. The minimum atomic E-state index is -0.486. The molecular formula is C14H24BN3O3. The summed E-state index contributed by atoms with van der Waals surface area (Å²) < 4.78 is 12.6. The monoisotopic (exact) mass is 293 g/mol. The molecule has 0 N–H and O–H groups in total. The van der Waals surface area contributed by atoms with Gasteiger partial charge in [-0.05, 0) is 0 Å². The maximum absolute atomic E-state index is 11.8. The third-order valence-electron chi connectivity index (χ3n) is 2.83. The molecule has 1 aromatic rings. The zero-order valence-corrected chi connectivity index (χ0v) is 13.5. The van der Waals surface area contributed by atoms with Gasteiger partial charge in [-0.15, -0.1) is 0 Å². The van der Waals surface area contributed by atoms with Crippen molar-refractivity contribution >= 4 is 24.9 Å². The van der Waals surface area contributed by atoms with Crippen molar-refractivity contribution in [2.75, 3.05) is 20.2 Å². The molecule has 0 unspecified atom stereocenters. The van der Waals surface area contributed by atoms with Crippen molar-refractivity contribution in [3.8, 4) is 0 Å². The Balaban J connectivity index is 2.35. The molecule has 0 fully saturated rings. The molecule has 1 rings (SSSR count). The third-order valence-corrected chi connectivity index (χ3v) is 2.83. The van der Waals surface area contributed by atoms with E-state index in [2.05, 4.69) is 11.6 Å². The van der Waals surface area contributed by atoms with Crippen molar-refractivity contribution in [2.45, 2.75) is 33.0 Å². The molecule has 6 nitrogen and oxygen atoms in total. The Hall–Kier alpha value is -1.63. The van der Waals surface area contributed by atoms with Crippen LogP contribution in [-0.2, 0) is 23.1 Å². The van der Waals surface area contributed by atoms with E-state index in [-0.39, 0.29) is 6.09 Å². The Morgan fingerprint density at radius 2 is 2.19 bits per heavy atom. The van der Waals surface area contributed by atoms with Gasteiger partial charge in [-0.1, -0.05) is 0 Å². The first-order valence-corrected chi connectivity index (χ1v) is 6.89. The normalized spacial score (nSPS) is 11.1. The number of rotatable bonds is 6. The number of aryl methyl sites for hydroxylation is 1. The molecule has 7 heteroatoms. The first-order chi connectivity index (χ1) is 9.74. The average molecular weight is 293 g/mol. The molecule has 1 amide bonds. The van der Waals surface area contributed by atoms with Gasteiger partial charge in [0.25, 0.3) is 0 Å². The van der Waals surface area contributed by atoms with Crippen LogP contribution >= 0.6 is 0 Å². The summed E-state index contributed by atoms with van der Waals surface area (Å²) in [6.07, 6.45) is 1.40. The van der Waals surface area contributed by atoms with Crippen LogP contribution in [0.1, 0.15) is 26.5 Å². The molecule has 0 saturated carbocycles. The fourth-order valence-electron chi connectivity index (χ4n) is 1.63. The van der Waals surface area contributed by atoms with E-state index in [0.717, 1.165) is 11.2 Å². The zero-order valence-electron chi connectivity index (χ0n) is 13.5. The molecule has 0 saturated heterocycles. The van der Waals surface area contributed by atoms with E-state index in [1.807, 2.05) is 27.8 Å². The van der Waals surface area contributed by atoms with Gasteiger partial charge >= 0.3 is 126 Å². The molecule has 0 bridgehead atoms. The molecule has 0 aliphatic heterocycles. The fraction of sp³-hybridized carbons (Fsp3) is 0.643. The second-order valence-corrected chi connectivity index (χ2v) is 5.83. The van der Waals surface area contributed by atoms with E-state index < -0.39 is 5.60 Å². The van der Waals surface area contributed by atoms with Gasteiger partial charge in [0.1, 0.15) is 0 Å². The van der Waals surface area contributed by atoms with Crippen molar-refractivity contribution in [1.82, 2.24) is 14.7 Å². The SMILES string of the molecule is C=Bc1cnn(C)c1COCCN(C)C(=O)OC(C)(C)C. The summed E-state index contributed by atoms with van der Waals surface area (Å²) in [5.74, 6) is 0. The van der Waals surface area contributed by atoms with E-state index in [0.29, 0.717) is 19.8 Å². The Morgan fingerprint density at radius 1 is 1.52 bits per heavy atom. The number of ether oxygens (including phenoxy) is 2. The standard InChI is InChI=1S/C14H24BN3O3/c1-14(2,3)21-13(19)17(5)7-8-20-10-12-11(15-4)9-16-18(12)6/h9H,4,7-8,10H2,1-3,5-6H3. The van der Waals surface area contributed by atoms with Crippen LogP contribution in [0.15, 0.2) is 6.20 Å². The van der Waals surface area contributed by atoms with Gasteiger partial charge in [0.2, 0.25) is 0 Å². The number of hydrogen-bond donors (Lipinski definition) is 0. The van der Waals surface area contributed by atoms with Gasteiger partial charge < -0.3 is 0 Å². The summed E-state index contributed by atoms with van der Waals surface area (Å²) in [7, 11) is 3.55. The molecule has 0 spiro atoms. The van der Waals surface area contributed by atoms with Crippen molar-refractivity contribution < 1.29 is 14.3 Å². The fourth-order valence-corrected chi connectivity index (χ4v) is 1.63. The van der Waals surface area contributed by atoms with Crippen molar-refractivity contribution in [3.05, 3.63) is 11.9 Å². The van der Waals surface area contributed by atoms with Gasteiger partial charge in [0.15, 0.2) is 0 Å². The predicted molar refractivity (Wildman–Crippen MR) is 84.2 cm³/mol. The van der Waals surface area contributed by atoms with Gasteiger partial charge in [0, 0.05) is 0 Å². The summed E-state index contributed by atoms with van der Waals surface area (Å²) >= 11 is 0.